The molecular formula is C20H29ClN2O2. The van der Waals surface area contributed by atoms with Gasteiger partial charge in [-0.1, -0.05) is 44.0 Å². The molecule has 1 aromatic carbocycles. The van der Waals surface area contributed by atoms with Crippen LogP contribution < -0.4 is 5.73 Å². The molecule has 5 heteroatoms. The van der Waals surface area contributed by atoms with Crippen molar-refractivity contribution < 1.29 is 9.90 Å². The van der Waals surface area contributed by atoms with Gasteiger partial charge in [-0.25, -0.2) is 0 Å². The third-order valence-corrected chi connectivity index (χ3v) is 6.64. The lowest BCUT2D eigenvalue weighted by Gasteiger charge is -2.51. The minimum atomic E-state index is -0.976. The van der Waals surface area contributed by atoms with Crippen LogP contribution in [0.1, 0.15) is 52.0 Å². The average molecular weight is 365 g/mol. The van der Waals surface area contributed by atoms with Gasteiger partial charge in [0.2, 0.25) is 5.91 Å². The molecule has 1 aliphatic heterocycles. The first-order chi connectivity index (χ1) is 11.6. The maximum atomic E-state index is 13.0. The van der Waals surface area contributed by atoms with Gasteiger partial charge in [-0.05, 0) is 43.9 Å². The zero-order chi connectivity index (χ0) is 18.5. The van der Waals surface area contributed by atoms with E-state index in [1.165, 1.54) is 0 Å². The Morgan fingerprint density at radius 3 is 2.40 bits per heavy atom. The highest BCUT2D eigenvalue weighted by molar-refractivity contribution is 6.30. The first kappa shape index (κ1) is 18.7. The van der Waals surface area contributed by atoms with Crippen LogP contribution in [-0.4, -0.2) is 34.5 Å². The number of halogens is 1. The van der Waals surface area contributed by atoms with E-state index in [0.29, 0.717) is 24.5 Å². The summed E-state index contributed by atoms with van der Waals surface area (Å²) < 4.78 is 0. The fraction of sp³-hybridized carbons (Fsp3) is 0.650. The van der Waals surface area contributed by atoms with Crippen LogP contribution in [-0.2, 0) is 10.4 Å². The maximum Gasteiger partial charge on any atom is 0.227 e. The Morgan fingerprint density at radius 2 is 1.88 bits per heavy atom. The number of hydrogen-bond acceptors (Lipinski definition) is 3. The van der Waals surface area contributed by atoms with Crippen LogP contribution in [0.3, 0.4) is 0 Å². The molecule has 138 valence electrons. The van der Waals surface area contributed by atoms with E-state index in [1.54, 1.807) is 12.1 Å². The van der Waals surface area contributed by atoms with Gasteiger partial charge < -0.3 is 15.7 Å². The van der Waals surface area contributed by atoms with Gasteiger partial charge in [0, 0.05) is 29.1 Å². The Kier molecular flexibility index (Phi) is 4.68. The van der Waals surface area contributed by atoms with Crippen LogP contribution in [0.15, 0.2) is 24.3 Å². The average Bonchev–Trinajstić information content (AvgIpc) is 2.89. The van der Waals surface area contributed by atoms with Crippen LogP contribution >= 0.6 is 11.6 Å². The number of benzene rings is 1. The number of piperidine rings is 1. The molecule has 1 heterocycles. The standard InChI is InChI=1S/C20H29ClN2O2/c1-18(2)13-23(17(24)16-5-4-10-19(16,3)22)12-11-20(18,25)14-6-8-15(21)9-7-14/h6-9,16,25H,4-5,10-13,22H2,1-3H3/t16-,19-,20-/m0/s1. The second-order valence-corrected chi connectivity index (χ2v) is 9.15. The molecule has 1 saturated heterocycles. The predicted octanol–water partition coefficient (Wildman–Crippen LogP) is 3.30. The lowest BCUT2D eigenvalue weighted by molar-refractivity contribution is -0.157. The van der Waals surface area contributed by atoms with E-state index in [4.69, 9.17) is 17.3 Å². The largest absolute Gasteiger partial charge is 0.384 e. The summed E-state index contributed by atoms with van der Waals surface area (Å²) in [5.41, 5.74) is 5.36. The molecule has 1 saturated carbocycles. The molecule has 1 aliphatic carbocycles. The van der Waals surface area contributed by atoms with E-state index in [-0.39, 0.29) is 11.8 Å². The Hall–Kier alpha value is -1.10. The lowest BCUT2D eigenvalue weighted by atomic mass is 9.66. The van der Waals surface area contributed by atoms with Crippen molar-refractivity contribution in [1.29, 1.82) is 0 Å². The van der Waals surface area contributed by atoms with Crippen molar-refractivity contribution in [3.8, 4) is 0 Å². The number of likely N-dealkylation sites (tertiary alicyclic amines) is 1. The number of carbonyl (C=O) groups excluding carboxylic acids is 1. The third-order valence-electron chi connectivity index (χ3n) is 6.39. The highest BCUT2D eigenvalue weighted by Gasteiger charge is 2.51. The minimum Gasteiger partial charge on any atom is -0.384 e. The van der Waals surface area contributed by atoms with Crippen LogP contribution in [0.25, 0.3) is 0 Å². The van der Waals surface area contributed by atoms with Gasteiger partial charge in [0.15, 0.2) is 0 Å². The molecule has 0 unspecified atom stereocenters. The predicted molar refractivity (Wildman–Crippen MR) is 100 cm³/mol. The molecule has 1 amide bonds. The van der Waals surface area contributed by atoms with Gasteiger partial charge in [0.25, 0.3) is 0 Å². The lowest BCUT2D eigenvalue weighted by Crippen LogP contribution is -2.59. The second-order valence-electron chi connectivity index (χ2n) is 8.71. The topological polar surface area (TPSA) is 66.6 Å². The van der Waals surface area contributed by atoms with Crippen LogP contribution in [0.2, 0.25) is 5.02 Å². The Bertz CT molecular complexity index is 656. The van der Waals surface area contributed by atoms with Gasteiger partial charge in [0.1, 0.15) is 0 Å². The summed E-state index contributed by atoms with van der Waals surface area (Å²) in [6.45, 7) is 7.11. The number of nitrogens with two attached hydrogens (primary N) is 1. The molecule has 3 rings (SSSR count). The van der Waals surface area contributed by atoms with E-state index < -0.39 is 16.6 Å². The highest BCUT2D eigenvalue weighted by Crippen LogP contribution is 2.47. The normalized spacial score (nSPS) is 35.0. The van der Waals surface area contributed by atoms with Crippen molar-refractivity contribution in [3.63, 3.8) is 0 Å². The number of carbonyl (C=O) groups is 1. The summed E-state index contributed by atoms with van der Waals surface area (Å²) in [4.78, 5) is 15.0. The summed E-state index contributed by atoms with van der Waals surface area (Å²) in [7, 11) is 0. The van der Waals surface area contributed by atoms with E-state index >= 15 is 0 Å². The van der Waals surface area contributed by atoms with Gasteiger partial charge in [0.05, 0.1) is 11.5 Å². The van der Waals surface area contributed by atoms with Crippen molar-refractivity contribution in [2.24, 2.45) is 17.1 Å². The molecule has 1 aromatic rings. The summed E-state index contributed by atoms with van der Waals surface area (Å²) in [6.07, 6.45) is 3.29. The van der Waals surface area contributed by atoms with Gasteiger partial charge >= 0.3 is 0 Å². The van der Waals surface area contributed by atoms with E-state index in [9.17, 15) is 9.90 Å². The zero-order valence-corrected chi connectivity index (χ0v) is 16.1. The van der Waals surface area contributed by atoms with Crippen LogP contribution in [0, 0.1) is 11.3 Å². The number of amides is 1. The SMILES string of the molecule is CC1(C)CN(C(=O)[C@@H]2CCC[C@]2(C)N)CC[C@]1(O)c1ccc(Cl)cc1. The van der Waals surface area contributed by atoms with Gasteiger partial charge in [-0.3, -0.25) is 4.79 Å². The number of hydrogen-bond donors (Lipinski definition) is 2. The highest BCUT2D eigenvalue weighted by atomic mass is 35.5. The quantitative estimate of drug-likeness (QED) is 0.846. The molecular weight excluding hydrogens is 336 g/mol. The summed E-state index contributed by atoms with van der Waals surface area (Å²) >= 11 is 5.98. The van der Waals surface area contributed by atoms with Gasteiger partial charge in [-0.2, -0.15) is 0 Å². The fourth-order valence-electron chi connectivity index (χ4n) is 4.59. The molecule has 0 bridgehead atoms. The summed E-state index contributed by atoms with van der Waals surface area (Å²) in [6, 6.07) is 7.38. The fourth-order valence-corrected chi connectivity index (χ4v) is 4.71. The summed E-state index contributed by atoms with van der Waals surface area (Å²) in [5.74, 6) is 0.0405. The second kappa shape index (κ2) is 6.26. The Balaban J connectivity index is 1.80. The molecule has 25 heavy (non-hydrogen) atoms. The smallest absolute Gasteiger partial charge is 0.227 e. The summed E-state index contributed by atoms with van der Waals surface area (Å²) in [5, 5.41) is 12.1. The van der Waals surface area contributed by atoms with Crippen molar-refractivity contribution >= 4 is 17.5 Å². The Labute approximate surface area is 155 Å². The number of rotatable bonds is 2. The number of nitrogens with zero attached hydrogens (tertiary/aromatic N) is 1. The monoisotopic (exact) mass is 364 g/mol. The maximum absolute atomic E-state index is 13.0. The van der Waals surface area contributed by atoms with Crippen molar-refractivity contribution in [1.82, 2.24) is 4.90 Å². The van der Waals surface area contributed by atoms with Gasteiger partial charge in [-0.15, -0.1) is 0 Å². The molecule has 3 atom stereocenters. The van der Waals surface area contributed by atoms with E-state index in [1.807, 2.05) is 37.8 Å². The molecule has 0 aromatic heterocycles. The van der Waals surface area contributed by atoms with Crippen molar-refractivity contribution in [2.45, 2.75) is 57.6 Å². The van der Waals surface area contributed by atoms with E-state index in [2.05, 4.69) is 0 Å². The van der Waals surface area contributed by atoms with Crippen LogP contribution in [0.4, 0.5) is 0 Å². The molecule has 4 nitrogen and oxygen atoms in total. The zero-order valence-electron chi connectivity index (χ0n) is 15.4. The first-order valence-electron chi connectivity index (χ1n) is 9.13. The molecule has 0 radical (unpaired) electrons. The van der Waals surface area contributed by atoms with Crippen LogP contribution in [0.5, 0.6) is 0 Å². The minimum absolute atomic E-state index is 0.106. The first-order valence-corrected chi connectivity index (χ1v) is 9.51. The molecule has 0 spiro atoms. The molecule has 2 aliphatic rings. The van der Waals surface area contributed by atoms with E-state index in [0.717, 1.165) is 24.8 Å². The van der Waals surface area contributed by atoms with Crippen molar-refractivity contribution in [2.75, 3.05) is 13.1 Å². The Morgan fingerprint density at radius 1 is 1.24 bits per heavy atom. The molecule has 3 N–H and O–H groups in total. The molecule has 2 fully saturated rings. The van der Waals surface area contributed by atoms with Crippen molar-refractivity contribution in [3.05, 3.63) is 34.9 Å². The third kappa shape index (κ3) is 3.20. The number of aliphatic hydroxyl groups is 1.